The molecule has 174 valence electrons. The van der Waals surface area contributed by atoms with Gasteiger partial charge in [0.05, 0.1) is 5.60 Å². The number of hydrogen-bond donors (Lipinski definition) is 2. The van der Waals surface area contributed by atoms with Crippen LogP contribution in [0.3, 0.4) is 0 Å². The predicted molar refractivity (Wildman–Crippen MR) is 123 cm³/mol. The maximum Gasteiger partial charge on any atom is 0.470 e. The van der Waals surface area contributed by atoms with Crippen molar-refractivity contribution in [1.82, 2.24) is 0 Å². The fraction of sp³-hybridized carbons (Fsp3) is 1.00. The summed E-state index contributed by atoms with van der Waals surface area (Å²) in [6, 6.07) is 0. The van der Waals surface area contributed by atoms with E-state index >= 15 is 0 Å². The van der Waals surface area contributed by atoms with E-state index in [1.807, 2.05) is 0 Å². The van der Waals surface area contributed by atoms with Gasteiger partial charge < -0.3 is 9.79 Å². The van der Waals surface area contributed by atoms with Gasteiger partial charge >= 0.3 is 7.82 Å². The van der Waals surface area contributed by atoms with Crippen LogP contribution in [0.15, 0.2) is 0 Å². The molecule has 0 bridgehead atoms. The Balaban J connectivity index is 2.57. The van der Waals surface area contributed by atoms with E-state index < -0.39 is 13.4 Å². The molecule has 0 atom stereocenters. The van der Waals surface area contributed by atoms with Crippen molar-refractivity contribution in [2.24, 2.45) is 5.92 Å². The summed E-state index contributed by atoms with van der Waals surface area (Å²) in [6.45, 7) is 4.50. The van der Waals surface area contributed by atoms with Gasteiger partial charge in [0.2, 0.25) is 0 Å². The van der Waals surface area contributed by atoms with E-state index in [-0.39, 0.29) is 0 Å². The fourth-order valence-corrected chi connectivity index (χ4v) is 5.84. The van der Waals surface area contributed by atoms with Gasteiger partial charge in [-0.2, -0.15) is 0 Å². The van der Waals surface area contributed by atoms with Crippen molar-refractivity contribution in [1.29, 1.82) is 0 Å². The molecule has 1 fully saturated rings. The van der Waals surface area contributed by atoms with Gasteiger partial charge in [0, 0.05) is 0 Å². The summed E-state index contributed by atoms with van der Waals surface area (Å²) >= 11 is 0. The fourth-order valence-electron chi connectivity index (χ4n) is 5.08. The highest BCUT2D eigenvalue weighted by atomic mass is 31.2. The molecular formula is C24H49O4P. The summed E-state index contributed by atoms with van der Waals surface area (Å²) in [4.78, 5) is 19.1. The molecule has 29 heavy (non-hydrogen) atoms. The molecule has 0 spiro atoms. The second-order valence-electron chi connectivity index (χ2n) is 9.51. The summed E-state index contributed by atoms with van der Waals surface area (Å²) in [5.41, 5.74) is -0.591. The van der Waals surface area contributed by atoms with E-state index in [9.17, 15) is 14.4 Å². The number of phosphoric ester groups is 1. The average molecular weight is 433 g/mol. The Morgan fingerprint density at radius 3 is 1.66 bits per heavy atom. The van der Waals surface area contributed by atoms with Gasteiger partial charge in [-0.1, -0.05) is 123 Å². The molecule has 1 aliphatic carbocycles. The van der Waals surface area contributed by atoms with E-state index in [4.69, 9.17) is 4.52 Å². The van der Waals surface area contributed by atoms with Crippen LogP contribution in [0, 0.1) is 5.92 Å². The van der Waals surface area contributed by atoms with Crippen molar-refractivity contribution in [2.75, 3.05) is 0 Å². The first-order valence-electron chi connectivity index (χ1n) is 12.7. The van der Waals surface area contributed by atoms with E-state index in [0.29, 0.717) is 5.92 Å². The third-order valence-corrected chi connectivity index (χ3v) is 7.30. The Morgan fingerprint density at radius 2 is 1.21 bits per heavy atom. The van der Waals surface area contributed by atoms with Crippen LogP contribution in [-0.4, -0.2) is 15.4 Å². The van der Waals surface area contributed by atoms with Crippen LogP contribution in [0.1, 0.15) is 142 Å². The monoisotopic (exact) mass is 432 g/mol. The van der Waals surface area contributed by atoms with Crippen molar-refractivity contribution < 1.29 is 18.9 Å². The Hall–Kier alpha value is 0.110. The Morgan fingerprint density at radius 1 is 0.759 bits per heavy atom. The lowest BCUT2D eigenvalue weighted by Crippen LogP contribution is -2.36. The van der Waals surface area contributed by atoms with Crippen molar-refractivity contribution in [2.45, 2.75) is 148 Å². The van der Waals surface area contributed by atoms with Gasteiger partial charge in [-0.25, -0.2) is 4.57 Å². The van der Waals surface area contributed by atoms with Crippen LogP contribution in [0.25, 0.3) is 0 Å². The summed E-state index contributed by atoms with van der Waals surface area (Å²) in [5.74, 6) is 0.539. The van der Waals surface area contributed by atoms with Crippen molar-refractivity contribution in [3.8, 4) is 0 Å². The maximum absolute atomic E-state index is 11.7. The highest BCUT2D eigenvalue weighted by molar-refractivity contribution is 7.46. The van der Waals surface area contributed by atoms with E-state index in [1.54, 1.807) is 0 Å². The molecule has 0 unspecified atom stereocenters. The highest BCUT2D eigenvalue weighted by Gasteiger charge is 2.40. The molecule has 1 aliphatic rings. The summed E-state index contributed by atoms with van der Waals surface area (Å²) < 4.78 is 17.2. The predicted octanol–water partition coefficient (Wildman–Crippen LogP) is 8.31. The van der Waals surface area contributed by atoms with E-state index in [2.05, 4.69) is 13.8 Å². The van der Waals surface area contributed by atoms with Crippen LogP contribution in [-0.2, 0) is 9.09 Å². The maximum atomic E-state index is 11.7. The van der Waals surface area contributed by atoms with Crippen LogP contribution < -0.4 is 0 Å². The third-order valence-electron chi connectivity index (χ3n) is 6.67. The molecule has 1 rings (SSSR count). The zero-order valence-electron chi connectivity index (χ0n) is 19.4. The number of rotatable bonds is 18. The molecule has 0 amide bonds. The van der Waals surface area contributed by atoms with Gasteiger partial charge in [-0.05, 0) is 25.2 Å². The zero-order chi connectivity index (χ0) is 21.4. The van der Waals surface area contributed by atoms with Gasteiger partial charge in [-0.15, -0.1) is 0 Å². The van der Waals surface area contributed by atoms with Gasteiger partial charge in [0.15, 0.2) is 0 Å². The molecule has 0 aromatic carbocycles. The minimum absolute atomic E-state index is 0.539. The van der Waals surface area contributed by atoms with Gasteiger partial charge in [-0.3, -0.25) is 4.52 Å². The van der Waals surface area contributed by atoms with Crippen molar-refractivity contribution >= 4 is 7.82 Å². The second kappa shape index (κ2) is 15.8. The Kier molecular flexibility index (Phi) is 14.8. The molecule has 0 aromatic heterocycles. The molecule has 2 N–H and O–H groups in total. The third kappa shape index (κ3) is 13.9. The lowest BCUT2D eigenvalue weighted by atomic mass is 9.76. The molecule has 0 saturated heterocycles. The normalized spacial score (nSPS) is 17.1. The van der Waals surface area contributed by atoms with Gasteiger partial charge in [0.25, 0.3) is 0 Å². The zero-order valence-corrected chi connectivity index (χ0v) is 20.3. The summed E-state index contributed by atoms with van der Waals surface area (Å²) in [5, 5.41) is 0. The first-order valence-corrected chi connectivity index (χ1v) is 14.2. The Bertz CT molecular complexity index is 413. The van der Waals surface area contributed by atoms with Crippen LogP contribution >= 0.6 is 7.82 Å². The molecule has 4 nitrogen and oxygen atoms in total. The first-order chi connectivity index (χ1) is 13.9. The second-order valence-corrected chi connectivity index (χ2v) is 10.7. The number of hydrogen-bond acceptors (Lipinski definition) is 2. The minimum Gasteiger partial charge on any atom is -0.303 e. The highest BCUT2D eigenvalue weighted by Crippen LogP contribution is 2.50. The SMILES string of the molecule is CCCCCCCCC(CCCCCCCC)CC1(OP(=O)(O)O)CCCCC1. The number of phosphoric acid groups is 1. The topological polar surface area (TPSA) is 66.8 Å². The quantitative estimate of drug-likeness (QED) is 0.169. The first kappa shape index (κ1) is 27.1. The molecule has 0 aliphatic heterocycles. The van der Waals surface area contributed by atoms with Crippen LogP contribution in [0.5, 0.6) is 0 Å². The minimum atomic E-state index is -4.44. The standard InChI is InChI=1S/C24H49O4P/c1-3-5-7-9-11-14-18-23(19-15-12-10-8-6-4-2)22-24(28-29(25,26)27)20-16-13-17-21-24/h23H,3-22H2,1-2H3,(H2,25,26,27). The van der Waals surface area contributed by atoms with E-state index in [1.165, 1.54) is 89.9 Å². The van der Waals surface area contributed by atoms with Crippen molar-refractivity contribution in [3.05, 3.63) is 0 Å². The lowest BCUT2D eigenvalue weighted by Gasteiger charge is -2.39. The molecule has 0 heterocycles. The van der Waals surface area contributed by atoms with Crippen LogP contribution in [0.4, 0.5) is 0 Å². The Labute approximate surface area is 180 Å². The average Bonchev–Trinajstić information content (AvgIpc) is 2.66. The van der Waals surface area contributed by atoms with E-state index in [0.717, 1.165) is 38.5 Å². The van der Waals surface area contributed by atoms with Gasteiger partial charge in [0.1, 0.15) is 0 Å². The smallest absolute Gasteiger partial charge is 0.303 e. The molecule has 1 saturated carbocycles. The summed E-state index contributed by atoms with van der Waals surface area (Å²) in [7, 11) is -4.44. The molecular weight excluding hydrogens is 383 g/mol. The largest absolute Gasteiger partial charge is 0.470 e. The molecule has 0 radical (unpaired) electrons. The molecule has 0 aromatic rings. The number of unbranched alkanes of at least 4 members (excludes halogenated alkanes) is 10. The lowest BCUT2D eigenvalue weighted by molar-refractivity contribution is -0.0185. The van der Waals surface area contributed by atoms with Crippen molar-refractivity contribution in [3.63, 3.8) is 0 Å². The molecule has 5 heteroatoms. The summed E-state index contributed by atoms with van der Waals surface area (Å²) in [6.07, 6.45) is 23.7. The van der Waals surface area contributed by atoms with Crippen LogP contribution in [0.2, 0.25) is 0 Å².